The molecule has 1 rings (SSSR count). The molecule has 0 bridgehead atoms. The van der Waals surface area contributed by atoms with Crippen LogP contribution in [-0.2, 0) is 15.3 Å². The first-order valence-electron chi connectivity index (χ1n) is 4.94. The van der Waals surface area contributed by atoms with Crippen molar-refractivity contribution in [1.29, 1.82) is 0 Å². The van der Waals surface area contributed by atoms with Crippen LogP contribution in [0, 0.1) is 0 Å². The van der Waals surface area contributed by atoms with Crippen LogP contribution < -0.4 is 0 Å². The Kier molecular flexibility index (Phi) is 5.49. The third kappa shape index (κ3) is 4.03. The highest BCUT2D eigenvalue weighted by atomic mass is 32.2. The van der Waals surface area contributed by atoms with Crippen molar-refractivity contribution in [2.75, 3.05) is 6.61 Å². The van der Waals surface area contributed by atoms with Gasteiger partial charge < -0.3 is 0 Å². The van der Waals surface area contributed by atoms with Gasteiger partial charge in [0.05, 0.1) is 11.5 Å². The van der Waals surface area contributed by atoms with Crippen LogP contribution in [0.15, 0.2) is 35.2 Å². The summed E-state index contributed by atoms with van der Waals surface area (Å²) in [7, 11) is 0. The molecule has 0 aromatic heterocycles. The fourth-order valence-corrected chi connectivity index (χ4v) is 1.87. The van der Waals surface area contributed by atoms with E-state index in [1.165, 1.54) is 0 Å². The second kappa shape index (κ2) is 6.74. The van der Waals surface area contributed by atoms with Gasteiger partial charge in [0.2, 0.25) is 0 Å². The fraction of sp³-hybridized carbons (Fsp3) is 0.455. The van der Waals surface area contributed by atoms with E-state index >= 15 is 0 Å². The van der Waals surface area contributed by atoms with E-state index in [9.17, 15) is 4.21 Å². The zero-order valence-corrected chi connectivity index (χ0v) is 9.26. The maximum atomic E-state index is 11.5. The third-order valence-electron chi connectivity index (χ3n) is 1.87. The quantitative estimate of drug-likeness (QED) is 0.678. The van der Waals surface area contributed by atoms with Crippen LogP contribution in [0.4, 0.5) is 0 Å². The molecule has 0 amide bonds. The van der Waals surface area contributed by atoms with E-state index in [4.69, 9.17) is 4.18 Å². The lowest BCUT2D eigenvalue weighted by atomic mass is 10.3. The van der Waals surface area contributed by atoms with Crippen LogP contribution in [0.2, 0.25) is 0 Å². The molecule has 3 heteroatoms. The molecule has 0 radical (unpaired) electrons. The molecule has 0 fully saturated rings. The van der Waals surface area contributed by atoms with E-state index in [-0.39, 0.29) is 0 Å². The van der Waals surface area contributed by atoms with Crippen LogP contribution >= 0.6 is 0 Å². The van der Waals surface area contributed by atoms with Gasteiger partial charge in [-0.1, -0.05) is 38.0 Å². The molecule has 0 N–H and O–H groups in total. The van der Waals surface area contributed by atoms with Crippen molar-refractivity contribution < 1.29 is 8.39 Å². The standard InChI is InChI=1S/C11H16O2S/c1-2-3-7-10-13-14(12)11-8-5-4-6-9-11/h4-6,8-9H,2-3,7,10H2,1H3. The molecule has 0 aliphatic heterocycles. The van der Waals surface area contributed by atoms with E-state index in [0.29, 0.717) is 6.61 Å². The molecular weight excluding hydrogens is 196 g/mol. The molecule has 0 saturated heterocycles. The normalized spacial score (nSPS) is 12.6. The molecular formula is C11H16O2S. The smallest absolute Gasteiger partial charge is 0.189 e. The van der Waals surface area contributed by atoms with Gasteiger partial charge in [-0.2, -0.15) is 0 Å². The van der Waals surface area contributed by atoms with Crippen molar-refractivity contribution in [2.24, 2.45) is 0 Å². The maximum absolute atomic E-state index is 11.5. The predicted molar refractivity (Wildman–Crippen MR) is 58.3 cm³/mol. The van der Waals surface area contributed by atoms with Gasteiger partial charge in [0.15, 0.2) is 11.1 Å². The van der Waals surface area contributed by atoms with Crippen LogP contribution in [0.25, 0.3) is 0 Å². The first-order valence-corrected chi connectivity index (χ1v) is 6.02. The van der Waals surface area contributed by atoms with Crippen LogP contribution in [0.5, 0.6) is 0 Å². The monoisotopic (exact) mass is 212 g/mol. The summed E-state index contributed by atoms with van der Waals surface area (Å²) in [6.45, 7) is 2.71. The number of hydrogen-bond acceptors (Lipinski definition) is 2. The summed E-state index contributed by atoms with van der Waals surface area (Å²) in [6, 6.07) is 9.26. The van der Waals surface area contributed by atoms with Crippen LogP contribution in [-0.4, -0.2) is 10.8 Å². The summed E-state index contributed by atoms with van der Waals surface area (Å²) < 4.78 is 16.7. The summed E-state index contributed by atoms with van der Waals surface area (Å²) >= 11 is -1.29. The number of unbranched alkanes of at least 4 members (excludes halogenated alkanes) is 2. The molecule has 2 nitrogen and oxygen atoms in total. The summed E-state index contributed by atoms with van der Waals surface area (Å²) in [5.41, 5.74) is 0. The van der Waals surface area contributed by atoms with Crippen molar-refractivity contribution in [3.63, 3.8) is 0 Å². The van der Waals surface area contributed by atoms with Crippen LogP contribution in [0.1, 0.15) is 26.2 Å². The first-order chi connectivity index (χ1) is 6.84. The van der Waals surface area contributed by atoms with Crippen molar-refractivity contribution >= 4 is 11.1 Å². The maximum Gasteiger partial charge on any atom is 0.189 e. The number of benzene rings is 1. The van der Waals surface area contributed by atoms with Gasteiger partial charge in [0.25, 0.3) is 0 Å². The van der Waals surface area contributed by atoms with Crippen molar-refractivity contribution in [2.45, 2.75) is 31.1 Å². The van der Waals surface area contributed by atoms with Crippen LogP contribution in [0.3, 0.4) is 0 Å². The first kappa shape index (κ1) is 11.4. The summed E-state index contributed by atoms with van der Waals surface area (Å²) in [4.78, 5) is 0.740. The molecule has 1 aromatic rings. The van der Waals surface area contributed by atoms with E-state index < -0.39 is 11.1 Å². The minimum absolute atomic E-state index is 0.579. The SMILES string of the molecule is CCCCCOS(=O)c1ccccc1. The van der Waals surface area contributed by atoms with Gasteiger partial charge in [-0.15, -0.1) is 0 Å². The Morgan fingerprint density at radius 3 is 2.57 bits per heavy atom. The van der Waals surface area contributed by atoms with Gasteiger partial charge >= 0.3 is 0 Å². The molecule has 1 unspecified atom stereocenters. The Labute approximate surface area is 88.0 Å². The van der Waals surface area contributed by atoms with E-state index in [1.54, 1.807) is 0 Å². The molecule has 14 heavy (non-hydrogen) atoms. The Balaban J connectivity index is 2.29. The van der Waals surface area contributed by atoms with E-state index in [2.05, 4.69) is 6.92 Å². The minimum atomic E-state index is -1.29. The van der Waals surface area contributed by atoms with Gasteiger partial charge in [-0.25, -0.2) is 4.21 Å². The Morgan fingerprint density at radius 2 is 1.93 bits per heavy atom. The molecule has 0 aliphatic carbocycles. The molecule has 0 heterocycles. The van der Waals surface area contributed by atoms with Gasteiger partial charge in [0, 0.05) is 0 Å². The predicted octanol–water partition coefficient (Wildman–Crippen LogP) is 2.92. The van der Waals surface area contributed by atoms with Crippen molar-refractivity contribution in [3.05, 3.63) is 30.3 Å². The zero-order valence-electron chi connectivity index (χ0n) is 8.44. The lowest BCUT2D eigenvalue weighted by Crippen LogP contribution is -1.99. The second-order valence-electron chi connectivity index (χ2n) is 3.08. The van der Waals surface area contributed by atoms with Gasteiger partial charge in [0.1, 0.15) is 0 Å². The molecule has 78 valence electrons. The zero-order chi connectivity index (χ0) is 10.2. The molecule has 0 aliphatic rings. The topological polar surface area (TPSA) is 26.3 Å². The van der Waals surface area contributed by atoms with E-state index in [0.717, 1.165) is 24.2 Å². The number of hydrogen-bond donors (Lipinski definition) is 0. The highest BCUT2D eigenvalue weighted by Crippen LogP contribution is 2.07. The summed E-state index contributed by atoms with van der Waals surface area (Å²) in [5, 5.41) is 0. The Morgan fingerprint density at radius 1 is 1.21 bits per heavy atom. The highest BCUT2D eigenvalue weighted by molar-refractivity contribution is 7.80. The third-order valence-corrected chi connectivity index (χ3v) is 2.91. The largest absolute Gasteiger partial charge is 0.287 e. The number of rotatable bonds is 6. The summed E-state index contributed by atoms with van der Waals surface area (Å²) in [6.07, 6.45) is 3.27. The molecule has 0 saturated carbocycles. The molecule has 0 spiro atoms. The lowest BCUT2D eigenvalue weighted by molar-refractivity contribution is 0.334. The minimum Gasteiger partial charge on any atom is -0.287 e. The summed E-state index contributed by atoms with van der Waals surface area (Å²) in [5.74, 6) is 0. The average molecular weight is 212 g/mol. The van der Waals surface area contributed by atoms with Crippen molar-refractivity contribution in [3.8, 4) is 0 Å². The molecule has 1 atom stereocenters. The molecule has 1 aromatic carbocycles. The lowest BCUT2D eigenvalue weighted by Gasteiger charge is -2.02. The van der Waals surface area contributed by atoms with Gasteiger partial charge in [-0.05, 0) is 18.6 Å². The Bertz CT molecular complexity index is 272. The van der Waals surface area contributed by atoms with Gasteiger partial charge in [-0.3, -0.25) is 4.18 Å². The Hall–Kier alpha value is -0.670. The highest BCUT2D eigenvalue weighted by Gasteiger charge is 2.02. The second-order valence-corrected chi connectivity index (χ2v) is 4.25. The fourth-order valence-electron chi connectivity index (χ4n) is 1.09. The van der Waals surface area contributed by atoms with E-state index in [1.807, 2.05) is 30.3 Å². The average Bonchev–Trinajstić information content (AvgIpc) is 2.25. The van der Waals surface area contributed by atoms with Crippen molar-refractivity contribution in [1.82, 2.24) is 0 Å².